The fourth-order valence-corrected chi connectivity index (χ4v) is 4.16. The van der Waals surface area contributed by atoms with Crippen LogP contribution >= 0.6 is 11.6 Å². The number of benzene rings is 1. The van der Waals surface area contributed by atoms with Crippen LogP contribution in [0.5, 0.6) is 11.5 Å². The van der Waals surface area contributed by atoms with Gasteiger partial charge in [0.2, 0.25) is 11.8 Å². The molecular weight excluding hydrogens is 443 g/mol. The van der Waals surface area contributed by atoms with Gasteiger partial charge in [-0.3, -0.25) is 19.5 Å². The van der Waals surface area contributed by atoms with E-state index in [1.165, 1.54) is 6.20 Å². The molecule has 2 amide bonds. The number of ether oxygens (including phenoxy) is 2. The lowest BCUT2D eigenvalue weighted by atomic mass is 9.82. The third-order valence-corrected chi connectivity index (χ3v) is 5.78. The number of aromatic nitrogens is 1. The predicted molar refractivity (Wildman–Crippen MR) is 110 cm³/mol. The third kappa shape index (κ3) is 4.12. The highest BCUT2D eigenvalue weighted by atomic mass is 35.5. The summed E-state index contributed by atoms with van der Waals surface area (Å²) >= 11 is 5.93. The van der Waals surface area contributed by atoms with Crippen molar-refractivity contribution in [3.63, 3.8) is 0 Å². The van der Waals surface area contributed by atoms with Gasteiger partial charge in [0.05, 0.1) is 5.92 Å². The molecule has 0 bridgehead atoms. The Morgan fingerprint density at radius 3 is 2.69 bits per heavy atom. The van der Waals surface area contributed by atoms with Crippen molar-refractivity contribution in [1.29, 1.82) is 0 Å². The van der Waals surface area contributed by atoms with Crippen LogP contribution in [0.2, 0.25) is 5.02 Å². The summed E-state index contributed by atoms with van der Waals surface area (Å²) < 4.78 is 24.0. The van der Waals surface area contributed by atoms with Crippen LogP contribution in [0.1, 0.15) is 37.4 Å². The lowest BCUT2D eigenvalue weighted by Crippen LogP contribution is -2.66. The van der Waals surface area contributed by atoms with E-state index in [0.717, 1.165) is 11.8 Å². The summed E-state index contributed by atoms with van der Waals surface area (Å²) in [7, 11) is 0. The zero-order valence-corrected chi connectivity index (χ0v) is 18.0. The standard InChI is InChI=1S/C22H20ClFN2O6/c1-11(12-3-4-16-17(8-12)32-22(2,24)31-16)7-18(27)26-19(21(29)30)15(20(26)28)10-14-9-13(23)5-6-25-14/h3-6,8-9,11,15,19H,7,10H2,1-2H3,(H,29,30)/t11-,15+,19-,22?/m0/s1. The van der Waals surface area contributed by atoms with Gasteiger partial charge in [0.15, 0.2) is 11.5 Å². The number of carbonyl (C=O) groups excluding carboxylic acids is 2. The zero-order valence-electron chi connectivity index (χ0n) is 17.2. The molecule has 2 aliphatic rings. The highest BCUT2D eigenvalue weighted by molar-refractivity contribution is 6.30. The number of halogens is 2. The molecule has 1 saturated heterocycles. The molecule has 0 spiro atoms. The van der Waals surface area contributed by atoms with E-state index < -0.39 is 35.8 Å². The summed E-state index contributed by atoms with van der Waals surface area (Å²) in [6.07, 6.45) is 1.43. The van der Waals surface area contributed by atoms with Crippen LogP contribution in [-0.2, 0) is 20.8 Å². The summed E-state index contributed by atoms with van der Waals surface area (Å²) in [6, 6.07) is 4.38. The molecular formula is C22H20ClFN2O6. The molecule has 168 valence electrons. The molecule has 1 N–H and O–H groups in total. The lowest BCUT2D eigenvalue weighted by Gasteiger charge is -2.43. The molecule has 4 rings (SSSR count). The molecule has 8 nitrogen and oxygen atoms in total. The highest BCUT2D eigenvalue weighted by Gasteiger charge is 2.54. The van der Waals surface area contributed by atoms with Crippen LogP contribution in [0.4, 0.5) is 4.39 Å². The van der Waals surface area contributed by atoms with Gasteiger partial charge in [0.1, 0.15) is 6.04 Å². The van der Waals surface area contributed by atoms with Gasteiger partial charge in [-0.05, 0) is 35.7 Å². The number of fused-ring (bicyclic) bond motifs is 1. The Kier molecular flexibility index (Phi) is 5.54. The van der Waals surface area contributed by atoms with Crippen molar-refractivity contribution < 1.29 is 33.4 Å². The van der Waals surface area contributed by atoms with Crippen molar-refractivity contribution in [3.05, 3.63) is 52.8 Å². The van der Waals surface area contributed by atoms with E-state index in [9.17, 15) is 23.9 Å². The number of rotatable bonds is 6. The van der Waals surface area contributed by atoms with E-state index in [-0.39, 0.29) is 30.3 Å². The number of carbonyl (C=O) groups is 3. The predicted octanol–water partition coefficient (Wildman–Crippen LogP) is 3.32. The largest absolute Gasteiger partial charge is 0.480 e. The second kappa shape index (κ2) is 8.05. The van der Waals surface area contributed by atoms with Crippen LogP contribution in [0.15, 0.2) is 36.5 Å². The SMILES string of the molecule is C[C@@H](CC(=O)N1C(=O)[C@H](Cc2cc(Cl)ccn2)[C@H]1C(=O)O)c1ccc2c(c1)OC(C)(F)O2. The molecule has 32 heavy (non-hydrogen) atoms. The molecule has 1 fully saturated rings. The first-order valence-electron chi connectivity index (χ1n) is 9.96. The summed E-state index contributed by atoms with van der Waals surface area (Å²) in [5, 5.41) is 10.0. The van der Waals surface area contributed by atoms with Gasteiger partial charge in [-0.1, -0.05) is 24.6 Å². The Labute approximate surface area is 187 Å². The van der Waals surface area contributed by atoms with Crippen LogP contribution < -0.4 is 9.47 Å². The van der Waals surface area contributed by atoms with Crippen LogP contribution in [0, 0.1) is 5.92 Å². The third-order valence-electron chi connectivity index (χ3n) is 5.55. The number of pyridine rings is 1. The molecule has 2 aromatic rings. The molecule has 0 aliphatic carbocycles. The molecule has 4 atom stereocenters. The first kappa shape index (κ1) is 22.0. The summed E-state index contributed by atoms with van der Waals surface area (Å²) in [4.78, 5) is 42.2. The molecule has 0 saturated carbocycles. The normalized spacial score (nSPS) is 24.8. The smallest absolute Gasteiger partial charge is 0.404 e. The molecule has 10 heteroatoms. The quantitative estimate of drug-likeness (QED) is 0.656. The number of hydrogen-bond acceptors (Lipinski definition) is 6. The number of carboxylic acids is 1. The molecule has 1 aromatic carbocycles. The van der Waals surface area contributed by atoms with Crippen molar-refractivity contribution in [3.8, 4) is 11.5 Å². The number of hydrogen-bond donors (Lipinski definition) is 1. The van der Waals surface area contributed by atoms with E-state index in [1.807, 2.05) is 0 Å². The van der Waals surface area contributed by atoms with E-state index in [4.69, 9.17) is 21.1 Å². The zero-order chi connectivity index (χ0) is 23.2. The number of alkyl halides is 1. The average Bonchev–Trinajstić information content (AvgIpc) is 3.02. The number of aliphatic carboxylic acids is 1. The van der Waals surface area contributed by atoms with Gasteiger partial charge in [0, 0.05) is 36.7 Å². The van der Waals surface area contributed by atoms with Crippen LogP contribution in [0.25, 0.3) is 0 Å². The minimum Gasteiger partial charge on any atom is -0.480 e. The fraction of sp³-hybridized carbons (Fsp3) is 0.364. The second-order valence-corrected chi connectivity index (χ2v) is 8.45. The number of carboxylic acid groups (broad SMARTS) is 1. The molecule has 3 heterocycles. The van der Waals surface area contributed by atoms with E-state index in [0.29, 0.717) is 16.3 Å². The maximum Gasteiger partial charge on any atom is 0.404 e. The average molecular weight is 463 g/mol. The Hall–Kier alpha value is -3.20. The molecule has 2 aliphatic heterocycles. The van der Waals surface area contributed by atoms with Crippen molar-refractivity contribution in [1.82, 2.24) is 9.88 Å². The van der Waals surface area contributed by atoms with Gasteiger partial charge < -0.3 is 14.6 Å². The summed E-state index contributed by atoms with van der Waals surface area (Å²) in [5.41, 5.74) is 1.14. The number of likely N-dealkylation sites (tertiary alicyclic amines) is 1. The summed E-state index contributed by atoms with van der Waals surface area (Å²) in [6.45, 7) is 2.88. The number of imide groups is 1. The first-order valence-corrected chi connectivity index (χ1v) is 10.3. The van der Waals surface area contributed by atoms with Crippen molar-refractivity contribution >= 4 is 29.4 Å². The second-order valence-electron chi connectivity index (χ2n) is 8.01. The van der Waals surface area contributed by atoms with Gasteiger partial charge in [-0.2, -0.15) is 4.39 Å². The van der Waals surface area contributed by atoms with Crippen molar-refractivity contribution in [2.75, 3.05) is 0 Å². The van der Waals surface area contributed by atoms with E-state index in [2.05, 4.69) is 4.98 Å². The lowest BCUT2D eigenvalue weighted by molar-refractivity contribution is -0.177. The Morgan fingerprint density at radius 2 is 2.00 bits per heavy atom. The molecule has 0 radical (unpaired) electrons. The van der Waals surface area contributed by atoms with E-state index >= 15 is 0 Å². The van der Waals surface area contributed by atoms with Crippen molar-refractivity contribution in [2.24, 2.45) is 5.92 Å². The highest BCUT2D eigenvalue weighted by Crippen LogP contribution is 2.42. The fourth-order valence-electron chi connectivity index (χ4n) is 3.98. The van der Waals surface area contributed by atoms with Crippen molar-refractivity contribution in [2.45, 2.75) is 44.7 Å². The number of amides is 2. The van der Waals surface area contributed by atoms with E-state index in [1.54, 1.807) is 37.3 Å². The maximum absolute atomic E-state index is 13.9. The monoisotopic (exact) mass is 462 g/mol. The molecule has 1 unspecified atom stereocenters. The van der Waals surface area contributed by atoms with Gasteiger partial charge in [-0.25, -0.2) is 4.79 Å². The maximum atomic E-state index is 13.9. The summed E-state index contributed by atoms with van der Waals surface area (Å²) in [5.74, 6) is -3.23. The number of β-lactam (4-membered cyclic amide) rings is 1. The van der Waals surface area contributed by atoms with Crippen LogP contribution in [0.3, 0.4) is 0 Å². The van der Waals surface area contributed by atoms with Gasteiger partial charge >= 0.3 is 12.0 Å². The number of nitrogens with zero attached hydrogens (tertiary/aromatic N) is 2. The van der Waals surface area contributed by atoms with Gasteiger partial charge in [0.25, 0.3) is 0 Å². The Balaban J connectivity index is 1.45. The Bertz CT molecular complexity index is 1110. The Morgan fingerprint density at radius 1 is 1.28 bits per heavy atom. The first-order chi connectivity index (χ1) is 15.1. The van der Waals surface area contributed by atoms with Crippen LogP contribution in [-0.4, -0.2) is 44.9 Å². The minimum atomic E-state index is -2.26. The van der Waals surface area contributed by atoms with Gasteiger partial charge in [-0.15, -0.1) is 0 Å². The topological polar surface area (TPSA) is 106 Å². The molecule has 1 aromatic heterocycles. The minimum absolute atomic E-state index is 0.0693.